The minimum Gasteiger partial charge on any atom is -0.497 e. The minimum atomic E-state index is -0.611. The molecule has 0 atom stereocenters. The Morgan fingerprint density at radius 3 is 2.21 bits per heavy atom. The van der Waals surface area contributed by atoms with Gasteiger partial charge in [-0.05, 0) is 29.8 Å². The molecule has 0 heterocycles. The van der Waals surface area contributed by atoms with Gasteiger partial charge in [-0.25, -0.2) is 9.59 Å². The van der Waals surface area contributed by atoms with Crippen LogP contribution in [0.25, 0.3) is 0 Å². The summed E-state index contributed by atoms with van der Waals surface area (Å²) in [6, 6.07) is 13.0. The van der Waals surface area contributed by atoms with Crippen molar-refractivity contribution in [2.24, 2.45) is 0 Å². The molecule has 0 spiro atoms. The second-order valence-corrected chi connectivity index (χ2v) is 5.84. The first-order valence-corrected chi connectivity index (χ1v) is 8.14. The highest BCUT2D eigenvalue weighted by Crippen LogP contribution is 2.30. The number of hydrogen-bond acceptors (Lipinski definition) is 6. The zero-order valence-electron chi connectivity index (χ0n) is 13.7. The molecular formula is C18H18O5S. The first-order valence-electron chi connectivity index (χ1n) is 7.16. The fraction of sp³-hybridized carbons (Fsp3) is 0.222. The molecule has 0 aliphatic heterocycles. The van der Waals surface area contributed by atoms with Gasteiger partial charge in [-0.1, -0.05) is 18.2 Å². The van der Waals surface area contributed by atoms with Crippen molar-refractivity contribution in [1.29, 1.82) is 0 Å². The van der Waals surface area contributed by atoms with Gasteiger partial charge < -0.3 is 14.2 Å². The van der Waals surface area contributed by atoms with E-state index in [0.29, 0.717) is 17.1 Å². The van der Waals surface area contributed by atoms with E-state index >= 15 is 0 Å². The van der Waals surface area contributed by atoms with Crippen LogP contribution in [0.1, 0.15) is 26.3 Å². The topological polar surface area (TPSA) is 61.8 Å². The fourth-order valence-corrected chi connectivity index (χ4v) is 3.10. The number of carbonyl (C=O) groups excluding carboxylic acids is 2. The van der Waals surface area contributed by atoms with Crippen LogP contribution in [0.2, 0.25) is 0 Å². The van der Waals surface area contributed by atoms with E-state index in [2.05, 4.69) is 0 Å². The Morgan fingerprint density at radius 2 is 1.62 bits per heavy atom. The SMILES string of the molecule is COC(=O)c1cc(OC)cc(CSc2ccccc2)c1C(=O)OC. The van der Waals surface area contributed by atoms with E-state index in [1.54, 1.807) is 17.8 Å². The van der Waals surface area contributed by atoms with Gasteiger partial charge in [0.05, 0.1) is 32.5 Å². The summed E-state index contributed by atoms with van der Waals surface area (Å²) in [5.74, 6) is -0.232. The summed E-state index contributed by atoms with van der Waals surface area (Å²) in [5, 5.41) is 0. The zero-order valence-corrected chi connectivity index (χ0v) is 14.5. The molecule has 0 saturated heterocycles. The molecular weight excluding hydrogens is 328 g/mol. The van der Waals surface area contributed by atoms with Gasteiger partial charge in [0.1, 0.15) is 5.75 Å². The lowest BCUT2D eigenvalue weighted by atomic mass is 10.0. The average molecular weight is 346 g/mol. The molecule has 0 aliphatic rings. The smallest absolute Gasteiger partial charge is 0.339 e. The highest BCUT2D eigenvalue weighted by atomic mass is 32.2. The first-order chi connectivity index (χ1) is 11.6. The number of benzene rings is 2. The van der Waals surface area contributed by atoms with Crippen LogP contribution < -0.4 is 4.74 Å². The Bertz CT molecular complexity index is 728. The van der Waals surface area contributed by atoms with Gasteiger partial charge in [0.15, 0.2) is 0 Å². The Morgan fingerprint density at radius 1 is 0.958 bits per heavy atom. The summed E-state index contributed by atoms with van der Waals surface area (Å²) >= 11 is 1.55. The average Bonchev–Trinajstić information content (AvgIpc) is 2.65. The Kier molecular flexibility index (Phi) is 6.26. The maximum atomic E-state index is 12.2. The third-order valence-corrected chi connectivity index (χ3v) is 4.42. The van der Waals surface area contributed by atoms with Crippen LogP contribution in [-0.2, 0) is 15.2 Å². The molecule has 5 nitrogen and oxygen atoms in total. The van der Waals surface area contributed by atoms with Gasteiger partial charge in [0.25, 0.3) is 0 Å². The quantitative estimate of drug-likeness (QED) is 0.589. The number of ether oxygens (including phenoxy) is 3. The molecule has 2 aromatic carbocycles. The lowest BCUT2D eigenvalue weighted by molar-refractivity contribution is 0.0554. The van der Waals surface area contributed by atoms with E-state index in [-0.39, 0.29) is 11.1 Å². The maximum Gasteiger partial charge on any atom is 0.339 e. The van der Waals surface area contributed by atoms with Crippen LogP contribution in [0.5, 0.6) is 5.75 Å². The molecule has 24 heavy (non-hydrogen) atoms. The molecule has 0 fully saturated rings. The van der Waals surface area contributed by atoms with Crippen LogP contribution in [0.4, 0.5) is 0 Å². The predicted molar refractivity (Wildman–Crippen MR) is 91.7 cm³/mol. The molecule has 0 saturated carbocycles. The molecule has 126 valence electrons. The Hall–Kier alpha value is -2.47. The van der Waals surface area contributed by atoms with Crippen LogP contribution in [0, 0.1) is 0 Å². The third kappa shape index (κ3) is 4.08. The van der Waals surface area contributed by atoms with Gasteiger partial charge in [-0.3, -0.25) is 0 Å². The molecule has 2 aromatic rings. The number of hydrogen-bond donors (Lipinski definition) is 0. The van der Waals surface area contributed by atoms with Crippen molar-refractivity contribution in [3.63, 3.8) is 0 Å². The third-order valence-electron chi connectivity index (χ3n) is 3.36. The largest absolute Gasteiger partial charge is 0.497 e. The highest BCUT2D eigenvalue weighted by molar-refractivity contribution is 7.98. The molecule has 0 radical (unpaired) electrons. The number of carbonyl (C=O) groups is 2. The van der Waals surface area contributed by atoms with Gasteiger partial charge in [0, 0.05) is 10.6 Å². The van der Waals surface area contributed by atoms with E-state index in [9.17, 15) is 9.59 Å². The summed E-state index contributed by atoms with van der Waals surface area (Å²) in [7, 11) is 4.05. The van der Waals surface area contributed by atoms with Crippen LogP contribution in [-0.4, -0.2) is 33.3 Å². The molecule has 6 heteroatoms. The molecule has 0 N–H and O–H groups in total. The normalized spacial score (nSPS) is 10.1. The van der Waals surface area contributed by atoms with Gasteiger partial charge in [-0.15, -0.1) is 11.8 Å². The van der Waals surface area contributed by atoms with E-state index in [1.807, 2.05) is 30.3 Å². The Labute approximate surface area is 144 Å². The van der Waals surface area contributed by atoms with Crippen LogP contribution in [0.3, 0.4) is 0 Å². The molecule has 0 unspecified atom stereocenters. The lowest BCUT2D eigenvalue weighted by Gasteiger charge is -2.14. The van der Waals surface area contributed by atoms with Crippen LogP contribution in [0.15, 0.2) is 47.4 Å². The monoisotopic (exact) mass is 346 g/mol. The van der Waals surface area contributed by atoms with Crippen molar-refractivity contribution >= 4 is 23.7 Å². The van der Waals surface area contributed by atoms with E-state index in [4.69, 9.17) is 14.2 Å². The number of esters is 2. The van der Waals surface area contributed by atoms with Crippen molar-refractivity contribution in [1.82, 2.24) is 0 Å². The van der Waals surface area contributed by atoms with E-state index in [0.717, 1.165) is 4.90 Å². The lowest BCUT2D eigenvalue weighted by Crippen LogP contribution is -2.15. The molecule has 2 rings (SSSR count). The van der Waals surface area contributed by atoms with Crippen molar-refractivity contribution < 1.29 is 23.8 Å². The highest BCUT2D eigenvalue weighted by Gasteiger charge is 2.24. The summed E-state index contributed by atoms with van der Waals surface area (Å²) in [5.41, 5.74) is 0.983. The van der Waals surface area contributed by atoms with E-state index < -0.39 is 11.9 Å². The standard InChI is InChI=1S/C18H18O5S/c1-21-13-9-12(11-24-14-7-5-4-6-8-14)16(18(20)23-3)15(10-13)17(19)22-2/h4-10H,11H2,1-3H3. The van der Waals surface area contributed by atoms with Crippen molar-refractivity contribution in [2.45, 2.75) is 10.6 Å². The van der Waals surface area contributed by atoms with Gasteiger partial charge in [-0.2, -0.15) is 0 Å². The summed E-state index contributed by atoms with van der Waals surface area (Å²) < 4.78 is 14.9. The fourth-order valence-electron chi connectivity index (χ4n) is 2.20. The minimum absolute atomic E-state index is 0.132. The first kappa shape index (κ1) is 17.9. The van der Waals surface area contributed by atoms with Crippen molar-refractivity contribution in [2.75, 3.05) is 21.3 Å². The number of rotatable bonds is 6. The summed E-state index contributed by atoms with van der Waals surface area (Å²) in [4.78, 5) is 25.3. The Balaban J connectivity index is 2.46. The number of methoxy groups -OCH3 is 3. The van der Waals surface area contributed by atoms with Crippen molar-refractivity contribution in [3.05, 3.63) is 59.2 Å². The molecule has 0 aromatic heterocycles. The van der Waals surface area contributed by atoms with Gasteiger partial charge >= 0.3 is 11.9 Å². The predicted octanol–water partition coefficient (Wildman–Crippen LogP) is 3.56. The van der Waals surface area contributed by atoms with E-state index in [1.165, 1.54) is 27.4 Å². The van der Waals surface area contributed by atoms with Gasteiger partial charge in [0.2, 0.25) is 0 Å². The number of thioether (sulfide) groups is 1. The maximum absolute atomic E-state index is 12.2. The van der Waals surface area contributed by atoms with Crippen LogP contribution >= 0.6 is 11.8 Å². The zero-order chi connectivity index (χ0) is 17.5. The molecule has 0 aliphatic carbocycles. The molecule has 0 amide bonds. The second kappa shape index (κ2) is 8.40. The summed E-state index contributed by atoms with van der Waals surface area (Å²) in [6.07, 6.45) is 0. The summed E-state index contributed by atoms with van der Waals surface area (Å²) in [6.45, 7) is 0. The molecule has 0 bridgehead atoms. The van der Waals surface area contributed by atoms with Crippen molar-refractivity contribution in [3.8, 4) is 5.75 Å². The second-order valence-electron chi connectivity index (χ2n) is 4.79.